The van der Waals surface area contributed by atoms with Crippen LogP contribution in [0.5, 0.6) is 0 Å². The zero-order valence-electron chi connectivity index (χ0n) is 12.2. The van der Waals surface area contributed by atoms with Gasteiger partial charge >= 0.3 is 0 Å². The van der Waals surface area contributed by atoms with Crippen LogP contribution >= 0.6 is 0 Å². The summed E-state index contributed by atoms with van der Waals surface area (Å²) in [6, 6.07) is 0. The first kappa shape index (κ1) is 13.4. The molecule has 1 aliphatic heterocycles. The predicted molar refractivity (Wildman–Crippen MR) is 75.0 cm³/mol. The van der Waals surface area contributed by atoms with E-state index in [4.69, 9.17) is 4.52 Å². The molecule has 8 heteroatoms. The fourth-order valence-electron chi connectivity index (χ4n) is 2.98. The molecule has 0 spiro atoms. The van der Waals surface area contributed by atoms with Gasteiger partial charge in [0.2, 0.25) is 11.7 Å². The van der Waals surface area contributed by atoms with E-state index in [0.717, 1.165) is 31.6 Å². The lowest BCUT2D eigenvalue weighted by Crippen LogP contribution is -2.41. The number of likely N-dealkylation sites (tertiary alicyclic amines) is 1. The summed E-state index contributed by atoms with van der Waals surface area (Å²) in [5.74, 6) is 2.61. The number of hydrogen-bond acceptors (Lipinski definition) is 6. The molecule has 3 heterocycles. The number of nitrogens with zero attached hydrogens (tertiary/aromatic N) is 5. The number of piperidine rings is 1. The van der Waals surface area contributed by atoms with Crippen molar-refractivity contribution >= 4 is 5.91 Å². The quantitative estimate of drug-likeness (QED) is 0.909. The SMILES string of the molecule is O=C(c1ncn[nH]1)N1CCC[C@@H](Cc2nc(C3CC3)no2)C1. The second kappa shape index (κ2) is 5.51. The Morgan fingerprint density at radius 3 is 3.09 bits per heavy atom. The molecule has 2 aromatic rings. The van der Waals surface area contributed by atoms with Crippen LogP contribution in [0.3, 0.4) is 0 Å². The normalized spacial score (nSPS) is 22.0. The third kappa shape index (κ3) is 2.72. The summed E-state index contributed by atoms with van der Waals surface area (Å²) in [7, 11) is 0. The molecule has 4 rings (SSSR count). The van der Waals surface area contributed by atoms with Crippen molar-refractivity contribution in [3.63, 3.8) is 0 Å². The van der Waals surface area contributed by atoms with Crippen LogP contribution in [-0.4, -0.2) is 49.2 Å². The smallest absolute Gasteiger partial charge is 0.291 e. The topological polar surface area (TPSA) is 101 Å². The average molecular weight is 302 g/mol. The number of rotatable bonds is 4. The third-order valence-corrected chi connectivity index (χ3v) is 4.31. The summed E-state index contributed by atoms with van der Waals surface area (Å²) in [5.41, 5.74) is 0. The largest absolute Gasteiger partial charge is 0.339 e. The van der Waals surface area contributed by atoms with Crippen LogP contribution in [0.2, 0.25) is 0 Å². The van der Waals surface area contributed by atoms with Gasteiger partial charge in [-0.05, 0) is 31.6 Å². The van der Waals surface area contributed by atoms with Crippen molar-refractivity contribution < 1.29 is 9.32 Å². The molecule has 0 unspecified atom stereocenters. The van der Waals surface area contributed by atoms with Gasteiger partial charge in [0, 0.05) is 25.4 Å². The Bertz CT molecular complexity index is 648. The fraction of sp³-hybridized carbons (Fsp3) is 0.643. The zero-order valence-corrected chi connectivity index (χ0v) is 12.2. The lowest BCUT2D eigenvalue weighted by molar-refractivity contribution is 0.0656. The maximum atomic E-state index is 12.3. The Labute approximate surface area is 127 Å². The van der Waals surface area contributed by atoms with Crippen LogP contribution in [0.4, 0.5) is 0 Å². The molecule has 0 radical (unpaired) electrons. The van der Waals surface area contributed by atoms with Gasteiger partial charge in [0.15, 0.2) is 5.82 Å². The van der Waals surface area contributed by atoms with Gasteiger partial charge in [-0.3, -0.25) is 9.89 Å². The first-order valence-electron chi connectivity index (χ1n) is 7.76. The first-order valence-corrected chi connectivity index (χ1v) is 7.76. The number of amides is 1. The van der Waals surface area contributed by atoms with Crippen molar-refractivity contribution in [2.45, 2.75) is 38.0 Å². The third-order valence-electron chi connectivity index (χ3n) is 4.31. The molecule has 22 heavy (non-hydrogen) atoms. The van der Waals surface area contributed by atoms with Gasteiger partial charge < -0.3 is 9.42 Å². The van der Waals surface area contributed by atoms with Crippen LogP contribution in [0.1, 0.15) is 53.9 Å². The molecule has 1 N–H and O–H groups in total. The van der Waals surface area contributed by atoms with Crippen molar-refractivity contribution in [2.24, 2.45) is 5.92 Å². The molecule has 2 fully saturated rings. The molecule has 1 saturated carbocycles. The van der Waals surface area contributed by atoms with Gasteiger partial charge in [0.05, 0.1) is 0 Å². The molecule has 2 aromatic heterocycles. The highest BCUT2D eigenvalue weighted by molar-refractivity contribution is 5.90. The number of nitrogens with one attached hydrogen (secondary N) is 1. The van der Waals surface area contributed by atoms with Gasteiger partial charge in [-0.1, -0.05) is 5.16 Å². The van der Waals surface area contributed by atoms with Crippen LogP contribution < -0.4 is 0 Å². The van der Waals surface area contributed by atoms with E-state index in [1.807, 2.05) is 4.90 Å². The van der Waals surface area contributed by atoms with Crippen LogP contribution in [-0.2, 0) is 6.42 Å². The summed E-state index contributed by atoms with van der Waals surface area (Å²) < 4.78 is 5.34. The Hall–Kier alpha value is -2.25. The molecule has 1 atom stereocenters. The molecule has 1 saturated heterocycles. The molecular weight excluding hydrogens is 284 g/mol. The van der Waals surface area contributed by atoms with Gasteiger partial charge in [0.25, 0.3) is 5.91 Å². The van der Waals surface area contributed by atoms with Gasteiger partial charge in [-0.2, -0.15) is 10.1 Å². The predicted octanol–water partition coefficient (Wildman–Crippen LogP) is 1.16. The highest BCUT2D eigenvalue weighted by Crippen LogP contribution is 2.38. The van der Waals surface area contributed by atoms with Crippen molar-refractivity contribution in [3.8, 4) is 0 Å². The molecule has 0 bridgehead atoms. The fourth-order valence-corrected chi connectivity index (χ4v) is 2.98. The van der Waals surface area contributed by atoms with Crippen LogP contribution in [0.15, 0.2) is 10.9 Å². The monoisotopic (exact) mass is 302 g/mol. The number of carbonyl (C=O) groups is 1. The number of carbonyl (C=O) groups excluding carboxylic acids is 1. The summed E-state index contributed by atoms with van der Waals surface area (Å²) in [4.78, 5) is 22.5. The lowest BCUT2D eigenvalue weighted by atomic mass is 9.94. The molecule has 1 aliphatic carbocycles. The molecular formula is C14H18N6O2. The number of H-pyrrole nitrogens is 1. The Morgan fingerprint density at radius 1 is 1.41 bits per heavy atom. The van der Waals surface area contributed by atoms with Crippen LogP contribution in [0, 0.1) is 5.92 Å². The van der Waals surface area contributed by atoms with E-state index < -0.39 is 0 Å². The Kier molecular flexibility index (Phi) is 3.36. The molecule has 0 aromatic carbocycles. The maximum absolute atomic E-state index is 12.3. The highest BCUT2D eigenvalue weighted by atomic mass is 16.5. The minimum absolute atomic E-state index is 0.0913. The van der Waals surface area contributed by atoms with Gasteiger partial charge in [0.1, 0.15) is 6.33 Å². The Morgan fingerprint density at radius 2 is 2.32 bits per heavy atom. The van der Waals surface area contributed by atoms with E-state index in [1.54, 1.807) is 0 Å². The Balaban J connectivity index is 1.38. The average Bonchev–Trinajstić information content (AvgIpc) is 3.05. The van der Waals surface area contributed by atoms with Gasteiger partial charge in [-0.15, -0.1) is 0 Å². The second-order valence-corrected chi connectivity index (χ2v) is 6.12. The summed E-state index contributed by atoms with van der Waals surface area (Å²) in [6.07, 6.45) is 6.48. The molecule has 116 valence electrons. The van der Waals surface area contributed by atoms with Crippen molar-refractivity contribution in [3.05, 3.63) is 23.9 Å². The number of aromatic nitrogens is 5. The van der Waals surface area contributed by atoms with E-state index in [-0.39, 0.29) is 5.91 Å². The molecule has 1 amide bonds. The van der Waals surface area contributed by atoms with E-state index in [9.17, 15) is 4.79 Å². The minimum atomic E-state index is -0.0913. The van der Waals surface area contributed by atoms with Crippen molar-refractivity contribution in [2.75, 3.05) is 13.1 Å². The first-order chi connectivity index (χ1) is 10.8. The standard InChI is InChI=1S/C14H18N6O2/c21-14(13-15-8-16-18-13)20-5-1-2-9(7-20)6-11-17-12(19-22-11)10-3-4-10/h8-10H,1-7H2,(H,15,16,18)/t9-/m0/s1. The van der Waals surface area contributed by atoms with E-state index >= 15 is 0 Å². The summed E-state index contributed by atoms with van der Waals surface area (Å²) >= 11 is 0. The molecule has 2 aliphatic rings. The lowest BCUT2D eigenvalue weighted by Gasteiger charge is -2.31. The van der Waals surface area contributed by atoms with Gasteiger partial charge in [-0.25, -0.2) is 4.98 Å². The van der Waals surface area contributed by atoms with Crippen LogP contribution in [0.25, 0.3) is 0 Å². The number of aromatic amines is 1. The van der Waals surface area contributed by atoms with Crippen molar-refractivity contribution in [1.29, 1.82) is 0 Å². The molecule has 8 nitrogen and oxygen atoms in total. The maximum Gasteiger partial charge on any atom is 0.291 e. The highest BCUT2D eigenvalue weighted by Gasteiger charge is 2.30. The van der Waals surface area contributed by atoms with Crippen molar-refractivity contribution in [1.82, 2.24) is 30.2 Å². The summed E-state index contributed by atoms with van der Waals surface area (Å²) in [6.45, 7) is 1.45. The van der Waals surface area contributed by atoms with E-state index in [2.05, 4.69) is 25.3 Å². The zero-order chi connectivity index (χ0) is 14.9. The summed E-state index contributed by atoms with van der Waals surface area (Å²) in [5, 5.41) is 10.4. The second-order valence-electron chi connectivity index (χ2n) is 6.12. The van der Waals surface area contributed by atoms with E-state index in [1.165, 1.54) is 19.2 Å². The van der Waals surface area contributed by atoms with E-state index in [0.29, 0.717) is 30.1 Å². The number of hydrogen-bond donors (Lipinski definition) is 1. The minimum Gasteiger partial charge on any atom is -0.339 e.